The van der Waals surface area contributed by atoms with E-state index in [4.69, 9.17) is 14.2 Å². The summed E-state index contributed by atoms with van der Waals surface area (Å²) in [4.78, 5) is 36.3. The summed E-state index contributed by atoms with van der Waals surface area (Å²) in [6, 6.07) is 1.21. The Morgan fingerprint density at radius 2 is 1.73 bits per heavy atom. The van der Waals surface area contributed by atoms with Crippen molar-refractivity contribution in [3.05, 3.63) is 21.7 Å². The van der Waals surface area contributed by atoms with E-state index in [-0.39, 0.29) is 29.4 Å². The number of nitro benzene ring substituents is 1. The fourth-order valence-corrected chi connectivity index (χ4v) is 2.46. The van der Waals surface area contributed by atoms with Crippen molar-refractivity contribution in [1.29, 1.82) is 0 Å². The second-order valence-electron chi connectivity index (χ2n) is 5.41. The van der Waals surface area contributed by atoms with E-state index < -0.39 is 28.4 Å². The van der Waals surface area contributed by atoms with Gasteiger partial charge in [-0.2, -0.15) is 0 Å². The summed E-state index contributed by atoms with van der Waals surface area (Å²) in [6.07, 6.45) is 0. The number of benzene rings is 1. The van der Waals surface area contributed by atoms with Crippen LogP contribution < -0.4 is 14.2 Å². The van der Waals surface area contributed by atoms with E-state index in [1.165, 1.54) is 46.5 Å². The van der Waals surface area contributed by atoms with Crippen LogP contribution >= 0.6 is 0 Å². The molecule has 0 aromatic heterocycles. The van der Waals surface area contributed by atoms with Gasteiger partial charge >= 0.3 is 11.7 Å². The third kappa shape index (κ3) is 4.13. The Balaban J connectivity index is 3.43. The molecule has 0 aliphatic heterocycles. The Morgan fingerprint density at radius 3 is 2.15 bits per heavy atom. The van der Waals surface area contributed by atoms with E-state index >= 15 is 0 Å². The first kappa shape index (κ1) is 21.0. The van der Waals surface area contributed by atoms with Gasteiger partial charge in [0, 0.05) is 19.7 Å². The molecule has 0 fully saturated rings. The minimum atomic E-state index is -0.731. The van der Waals surface area contributed by atoms with Gasteiger partial charge in [-0.15, -0.1) is 0 Å². The number of hydrogen-bond donors (Lipinski definition) is 0. The van der Waals surface area contributed by atoms with Crippen LogP contribution in [0.1, 0.15) is 17.3 Å². The van der Waals surface area contributed by atoms with Crippen molar-refractivity contribution in [2.45, 2.75) is 6.92 Å². The summed E-state index contributed by atoms with van der Waals surface area (Å²) in [5.41, 5.74) is -0.795. The molecule has 26 heavy (non-hydrogen) atoms. The van der Waals surface area contributed by atoms with E-state index in [0.717, 1.165) is 0 Å². The molecule has 0 spiro atoms. The highest BCUT2D eigenvalue weighted by Gasteiger charge is 2.34. The Labute approximate surface area is 150 Å². The fourth-order valence-electron chi connectivity index (χ4n) is 2.46. The number of hydrogen-bond acceptors (Lipinski definition) is 8. The average Bonchev–Trinajstić information content (AvgIpc) is 2.63. The van der Waals surface area contributed by atoms with Gasteiger partial charge in [0.25, 0.3) is 5.91 Å². The van der Waals surface area contributed by atoms with E-state index in [2.05, 4.69) is 4.74 Å². The lowest BCUT2D eigenvalue weighted by atomic mass is 10.1. The number of nitro groups is 1. The fraction of sp³-hybridized carbons (Fsp3) is 0.500. The molecule has 1 aromatic rings. The van der Waals surface area contributed by atoms with Crippen LogP contribution in [0.3, 0.4) is 0 Å². The zero-order valence-electron chi connectivity index (χ0n) is 15.5. The predicted octanol–water partition coefficient (Wildman–Crippen LogP) is 1.50. The molecular weight excluding hydrogens is 348 g/mol. The number of methoxy groups -OCH3 is 4. The van der Waals surface area contributed by atoms with Gasteiger partial charge in [-0.1, -0.05) is 6.92 Å². The maximum absolute atomic E-state index is 12.8. The van der Waals surface area contributed by atoms with Crippen molar-refractivity contribution in [2.24, 2.45) is 5.92 Å². The average molecular weight is 370 g/mol. The lowest BCUT2D eigenvalue weighted by Gasteiger charge is -2.21. The van der Waals surface area contributed by atoms with Gasteiger partial charge in [0.2, 0.25) is 11.5 Å². The van der Waals surface area contributed by atoms with Crippen molar-refractivity contribution < 1.29 is 33.5 Å². The van der Waals surface area contributed by atoms with Crippen LogP contribution in [0, 0.1) is 16.0 Å². The SMILES string of the molecule is COC(=O)C(C)CN(C)C(=O)c1cc(OC)c(OC)c(OC)c1[N+](=O)[O-]. The minimum Gasteiger partial charge on any atom is -0.493 e. The van der Waals surface area contributed by atoms with Gasteiger partial charge in [0.15, 0.2) is 5.75 Å². The number of ether oxygens (including phenoxy) is 4. The monoisotopic (exact) mass is 370 g/mol. The number of amides is 1. The zero-order valence-corrected chi connectivity index (χ0v) is 15.5. The van der Waals surface area contributed by atoms with Crippen LogP contribution in [0.15, 0.2) is 6.07 Å². The largest absolute Gasteiger partial charge is 0.493 e. The highest BCUT2D eigenvalue weighted by molar-refractivity contribution is 6.00. The number of esters is 1. The quantitative estimate of drug-likeness (QED) is 0.384. The first-order valence-corrected chi connectivity index (χ1v) is 7.54. The lowest BCUT2D eigenvalue weighted by Crippen LogP contribution is -2.34. The second kappa shape index (κ2) is 8.88. The molecule has 0 N–H and O–H groups in total. The van der Waals surface area contributed by atoms with E-state index in [1.807, 2.05) is 0 Å². The van der Waals surface area contributed by atoms with Gasteiger partial charge in [-0.25, -0.2) is 0 Å². The Bertz CT molecular complexity index is 704. The van der Waals surface area contributed by atoms with Crippen molar-refractivity contribution in [2.75, 3.05) is 42.0 Å². The summed E-state index contributed by atoms with van der Waals surface area (Å²) < 4.78 is 20.0. The minimum absolute atomic E-state index is 0.00355. The zero-order chi connectivity index (χ0) is 20.0. The van der Waals surface area contributed by atoms with Crippen molar-refractivity contribution in [3.8, 4) is 17.2 Å². The van der Waals surface area contributed by atoms with Crippen LogP contribution in [-0.4, -0.2) is 63.7 Å². The Kier molecular flexibility index (Phi) is 7.17. The van der Waals surface area contributed by atoms with Crippen LogP contribution in [0.5, 0.6) is 17.2 Å². The maximum Gasteiger partial charge on any atom is 0.327 e. The lowest BCUT2D eigenvalue weighted by molar-refractivity contribution is -0.386. The summed E-state index contributed by atoms with van der Waals surface area (Å²) >= 11 is 0. The molecule has 10 nitrogen and oxygen atoms in total. The number of carbonyl (C=O) groups excluding carboxylic acids is 2. The summed E-state index contributed by atoms with van der Waals surface area (Å²) in [7, 11) is 6.52. The van der Waals surface area contributed by atoms with Gasteiger partial charge in [0.05, 0.1) is 39.3 Å². The molecule has 1 aromatic carbocycles. The molecule has 1 unspecified atom stereocenters. The van der Waals surface area contributed by atoms with Gasteiger partial charge in [0.1, 0.15) is 5.56 Å². The molecule has 0 heterocycles. The highest BCUT2D eigenvalue weighted by atomic mass is 16.6. The molecule has 0 radical (unpaired) electrons. The normalized spacial score (nSPS) is 11.3. The molecule has 10 heteroatoms. The maximum atomic E-state index is 12.8. The van der Waals surface area contributed by atoms with Gasteiger partial charge < -0.3 is 23.8 Å². The molecule has 0 aliphatic rings. The van der Waals surface area contributed by atoms with Crippen LogP contribution in [0.2, 0.25) is 0 Å². The molecule has 1 atom stereocenters. The van der Waals surface area contributed by atoms with Gasteiger partial charge in [-0.05, 0) is 0 Å². The first-order chi connectivity index (χ1) is 12.2. The van der Waals surface area contributed by atoms with Crippen LogP contribution in [0.4, 0.5) is 5.69 Å². The second-order valence-corrected chi connectivity index (χ2v) is 5.41. The van der Waals surface area contributed by atoms with Crippen molar-refractivity contribution in [1.82, 2.24) is 4.90 Å². The molecule has 1 rings (SSSR count). The van der Waals surface area contributed by atoms with Crippen LogP contribution in [-0.2, 0) is 9.53 Å². The summed E-state index contributed by atoms with van der Waals surface area (Å²) in [6.45, 7) is 1.60. The first-order valence-electron chi connectivity index (χ1n) is 7.54. The standard InChI is InChI=1S/C16H22N2O8/c1-9(16(20)26-6)8-17(2)15(19)10-7-11(23-3)13(24-4)14(25-5)12(10)18(21)22/h7,9H,8H2,1-6H3. The number of nitrogens with zero attached hydrogens (tertiary/aromatic N) is 2. The number of carbonyl (C=O) groups is 2. The Morgan fingerprint density at radius 1 is 1.15 bits per heavy atom. The van der Waals surface area contributed by atoms with E-state index in [9.17, 15) is 19.7 Å². The highest BCUT2D eigenvalue weighted by Crippen LogP contribution is 2.46. The molecule has 144 valence electrons. The van der Waals surface area contributed by atoms with Gasteiger partial charge in [-0.3, -0.25) is 19.7 Å². The summed E-state index contributed by atoms with van der Waals surface area (Å²) in [5, 5.41) is 11.6. The third-order valence-electron chi connectivity index (χ3n) is 3.71. The molecule has 0 aliphatic carbocycles. The van der Waals surface area contributed by atoms with E-state index in [0.29, 0.717) is 0 Å². The topological polar surface area (TPSA) is 117 Å². The van der Waals surface area contributed by atoms with E-state index in [1.54, 1.807) is 6.92 Å². The van der Waals surface area contributed by atoms with Crippen molar-refractivity contribution in [3.63, 3.8) is 0 Å². The molecule has 0 saturated carbocycles. The predicted molar refractivity (Wildman–Crippen MR) is 90.9 cm³/mol. The third-order valence-corrected chi connectivity index (χ3v) is 3.71. The molecular formula is C16H22N2O8. The Hall–Kier alpha value is -3.04. The molecule has 1 amide bonds. The van der Waals surface area contributed by atoms with Crippen LogP contribution in [0.25, 0.3) is 0 Å². The van der Waals surface area contributed by atoms with Crippen molar-refractivity contribution >= 4 is 17.6 Å². The smallest absolute Gasteiger partial charge is 0.327 e. The molecule has 0 bridgehead atoms. The molecule has 0 saturated heterocycles. The number of rotatable bonds is 8. The summed E-state index contributed by atoms with van der Waals surface area (Å²) in [5.74, 6) is -1.89.